The Bertz CT molecular complexity index is 1160. The molecule has 8 heteroatoms. The first kappa shape index (κ1) is 22.3. The van der Waals surface area contributed by atoms with E-state index < -0.39 is 5.82 Å². The highest BCUT2D eigenvalue weighted by atomic mass is 32.1. The second-order valence-electron chi connectivity index (χ2n) is 7.18. The van der Waals surface area contributed by atoms with Crippen molar-refractivity contribution in [2.75, 3.05) is 10.6 Å². The average Bonchev–Trinajstić information content (AvgIpc) is 3.15. The van der Waals surface area contributed by atoms with Crippen LogP contribution in [-0.4, -0.2) is 22.6 Å². The van der Waals surface area contributed by atoms with E-state index in [1.54, 1.807) is 17.5 Å². The number of aromatic nitrogens is 1. The standard InChI is InChI=1S/C23H22FN3O3S/c1-13-4-5-16(10-14(13)2)21(29)8-9-22(30)27-23-26-20(12-31-23)18-7-6-17(11-19(18)24)25-15(3)28/h4-7,10-12H,8-9H2,1-3H3,(H,25,28)(H,26,27,30). The lowest BCUT2D eigenvalue weighted by Gasteiger charge is -2.05. The molecule has 3 aromatic rings. The molecule has 0 unspecified atom stereocenters. The maximum atomic E-state index is 14.4. The molecule has 3 rings (SSSR count). The molecule has 1 aromatic heterocycles. The van der Waals surface area contributed by atoms with Crippen molar-refractivity contribution in [1.29, 1.82) is 0 Å². The van der Waals surface area contributed by atoms with E-state index in [1.807, 2.05) is 26.0 Å². The van der Waals surface area contributed by atoms with Crippen molar-refractivity contribution in [3.63, 3.8) is 0 Å². The lowest BCUT2D eigenvalue weighted by molar-refractivity contribution is -0.116. The minimum atomic E-state index is -0.534. The van der Waals surface area contributed by atoms with E-state index in [9.17, 15) is 18.8 Å². The van der Waals surface area contributed by atoms with E-state index in [4.69, 9.17) is 0 Å². The first-order valence-corrected chi connectivity index (χ1v) is 10.5. The molecule has 1 heterocycles. The lowest BCUT2D eigenvalue weighted by Crippen LogP contribution is -2.13. The smallest absolute Gasteiger partial charge is 0.226 e. The van der Waals surface area contributed by atoms with Crippen LogP contribution in [0.5, 0.6) is 0 Å². The van der Waals surface area contributed by atoms with Crippen LogP contribution >= 0.6 is 11.3 Å². The van der Waals surface area contributed by atoms with Gasteiger partial charge in [0.25, 0.3) is 0 Å². The number of nitrogens with one attached hydrogen (secondary N) is 2. The van der Waals surface area contributed by atoms with E-state index in [-0.39, 0.29) is 36.0 Å². The zero-order valence-electron chi connectivity index (χ0n) is 17.4. The normalized spacial score (nSPS) is 10.6. The summed E-state index contributed by atoms with van der Waals surface area (Å²) in [5.41, 5.74) is 3.71. The Labute approximate surface area is 183 Å². The van der Waals surface area contributed by atoms with Gasteiger partial charge in [-0.15, -0.1) is 11.3 Å². The SMILES string of the molecule is CC(=O)Nc1ccc(-c2csc(NC(=O)CCC(=O)c3ccc(C)c(C)c3)n2)c(F)c1. The number of anilines is 2. The third kappa shape index (κ3) is 5.82. The molecule has 0 atom stereocenters. The largest absolute Gasteiger partial charge is 0.326 e. The fraction of sp³-hybridized carbons (Fsp3) is 0.217. The summed E-state index contributed by atoms with van der Waals surface area (Å²) >= 11 is 1.17. The monoisotopic (exact) mass is 439 g/mol. The van der Waals surface area contributed by atoms with Crippen molar-refractivity contribution in [2.45, 2.75) is 33.6 Å². The Morgan fingerprint density at radius 1 is 1.00 bits per heavy atom. The minimum absolute atomic E-state index is 0.0282. The Balaban J connectivity index is 1.59. The first-order valence-electron chi connectivity index (χ1n) is 9.66. The second kappa shape index (κ2) is 9.61. The van der Waals surface area contributed by atoms with Crippen LogP contribution in [0.4, 0.5) is 15.2 Å². The second-order valence-corrected chi connectivity index (χ2v) is 8.04. The number of carbonyl (C=O) groups excluding carboxylic acids is 3. The molecular formula is C23H22FN3O3S. The van der Waals surface area contributed by atoms with Gasteiger partial charge in [-0.1, -0.05) is 12.1 Å². The number of halogens is 1. The Kier molecular flexibility index (Phi) is 6.91. The number of ketones is 1. The number of nitrogens with zero attached hydrogens (tertiary/aromatic N) is 1. The van der Waals surface area contributed by atoms with Gasteiger partial charge in [0.1, 0.15) is 5.82 Å². The van der Waals surface area contributed by atoms with Gasteiger partial charge in [0, 0.05) is 42.0 Å². The van der Waals surface area contributed by atoms with Gasteiger partial charge in [-0.3, -0.25) is 14.4 Å². The number of Topliss-reactive ketones (excluding diaryl/α,β-unsaturated/α-hetero) is 1. The molecule has 2 aromatic carbocycles. The summed E-state index contributed by atoms with van der Waals surface area (Å²) in [5, 5.41) is 7.12. The third-order valence-electron chi connectivity index (χ3n) is 4.72. The summed E-state index contributed by atoms with van der Waals surface area (Å²) in [5.74, 6) is -1.26. The number of carbonyl (C=O) groups is 3. The van der Waals surface area contributed by atoms with Gasteiger partial charge in [0.2, 0.25) is 11.8 Å². The molecule has 0 saturated heterocycles. The van der Waals surface area contributed by atoms with Crippen LogP contribution < -0.4 is 10.6 Å². The number of thiazole rings is 1. The van der Waals surface area contributed by atoms with Gasteiger partial charge in [-0.25, -0.2) is 9.37 Å². The minimum Gasteiger partial charge on any atom is -0.326 e. The van der Waals surface area contributed by atoms with Crippen LogP contribution in [0.25, 0.3) is 11.3 Å². The first-order chi connectivity index (χ1) is 14.7. The number of amides is 2. The van der Waals surface area contributed by atoms with Crippen LogP contribution in [0.3, 0.4) is 0 Å². The van der Waals surface area contributed by atoms with Gasteiger partial charge in [-0.05, 0) is 49.2 Å². The summed E-state index contributed by atoms with van der Waals surface area (Å²) in [7, 11) is 0. The van der Waals surface area contributed by atoms with Crippen molar-refractivity contribution >= 4 is 39.8 Å². The topological polar surface area (TPSA) is 88.2 Å². The number of rotatable bonds is 7. The molecule has 0 aliphatic rings. The molecule has 2 N–H and O–H groups in total. The predicted octanol–water partition coefficient (Wildman–Crippen LogP) is 5.13. The average molecular weight is 440 g/mol. The molecule has 2 amide bonds. The summed E-state index contributed by atoms with van der Waals surface area (Å²) in [6, 6.07) is 9.80. The van der Waals surface area contributed by atoms with Crippen molar-refractivity contribution in [2.24, 2.45) is 0 Å². The number of aryl methyl sites for hydroxylation is 2. The predicted molar refractivity (Wildman–Crippen MR) is 120 cm³/mol. The van der Waals surface area contributed by atoms with Crippen LogP contribution in [0, 0.1) is 19.7 Å². The zero-order chi connectivity index (χ0) is 22.5. The molecule has 0 bridgehead atoms. The fourth-order valence-corrected chi connectivity index (χ4v) is 3.65. The van der Waals surface area contributed by atoms with Crippen molar-refractivity contribution in [3.05, 3.63) is 64.3 Å². The molecule has 0 radical (unpaired) electrons. The maximum absolute atomic E-state index is 14.4. The summed E-state index contributed by atoms with van der Waals surface area (Å²) < 4.78 is 14.4. The van der Waals surface area contributed by atoms with Gasteiger partial charge >= 0.3 is 0 Å². The zero-order valence-corrected chi connectivity index (χ0v) is 18.2. The molecule has 31 heavy (non-hydrogen) atoms. The van der Waals surface area contributed by atoms with Gasteiger partial charge in [0.15, 0.2) is 10.9 Å². The highest BCUT2D eigenvalue weighted by molar-refractivity contribution is 7.14. The van der Waals surface area contributed by atoms with E-state index in [1.165, 1.54) is 30.4 Å². The van der Waals surface area contributed by atoms with Crippen LogP contribution in [0.15, 0.2) is 41.8 Å². The highest BCUT2D eigenvalue weighted by Crippen LogP contribution is 2.28. The van der Waals surface area contributed by atoms with Crippen LogP contribution in [0.1, 0.15) is 41.3 Å². The highest BCUT2D eigenvalue weighted by Gasteiger charge is 2.14. The fourth-order valence-electron chi connectivity index (χ4n) is 2.93. The quantitative estimate of drug-likeness (QED) is 0.500. The summed E-state index contributed by atoms with van der Waals surface area (Å²) in [4.78, 5) is 39.9. The molecule has 0 saturated carbocycles. The van der Waals surface area contributed by atoms with E-state index >= 15 is 0 Å². The Morgan fingerprint density at radius 3 is 2.45 bits per heavy atom. The van der Waals surface area contributed by atoms with E-state index in [0.29, 0.717) is 22.1 Å². The Hall–Kier alpha value is -3.39. The van der Waals surface area contributed by atoms with Crippen molar-refractivity contribution in [1.82, 2.24) is 4.98 Å². The van der Waals surface area contributed by atoms with Gasteiger partial charge in [-0.2, -0.15) is 0 Å². The van der Waals surface area contributed by atoms with Crippen LogP contribution in [0.2, 0.25) is 0 Å². The summed E-state index contributed by atoms with van der Waals surface area (Å²) in [6.45, 7) is 5.26. The third-order valence-corrected chi connectivity index (χ3v) is 5.48. The lowest BCUT2D eigenvalue weighted by atomic mass is 10.0. The molecular weight excluding hydrogens is 417 g/mol. The molecule has 0 aliphatic carbocycles. The van der Waals surface area contributed by atoms with E-state index in [0.717, 1.165) is 11.1 Å². The van der Waals surface area contributed by atoms with Gasteiger partial charge in [0.05, 0.1) is 5.69 Å². The number of hydrogen-bond acceptors (Lipinski definition) is 5. The maximum Gasteiger partial charge on any atom is 0.226 e. The number of benzene rings is 2. The molecule has 0 spiro atoms. The van der Waals surface area contributed by atoms with Crippen LogP contribution in [-0.2, 0) is 9.59 Å². The molecule has 0 fully saturated rings. The number of hydrogen-bond donors (Lipinski definition) is 2. The van der Waals surface area contributed by atoms with Crippen molar-refractivity contribution in [3.8, 4) is 11.3 Å². The van der Waals surface area contributed by atoms with Crippen molar-refractivity contribution < 1.29 is 18.8 Å². The molecule has 160 valence electrons. The summed E-state index contributed by atoms with van der Waals surface area (Å²) in [6.07, 6.45) is 0.117. The Morgan fingerprint density at radius 2 is 1.77 bits per heavy atom. The van der Waals surface area contributed by atoms with Gasteiger partial charge < -0.3 is 10.6 Å². The molecule has 6 nitrogen and oxygen atoms in total. The van der Waals surface area contributed by atoms with E-state index in [2.05, 4.69) is 15.6 Å². The molecule has 0 aliphatic heterocycles.